The molecule has 0 amide bonds. The van der Waals surface area contributed by atoms with E-state index >= 15 is 0 Å². The van der Waals surface area contributed by atoms with Gasteiger partial charge < -0.3 is 4.74 Å². The molecule has 0 saturated carbocycles. The van der Waals surface area contributed by atoms with Crippen LogP contribution < -0.4 is 0 Å². The Bertz CT molecular complexity index is 358. The van der Waals surface area contributed by atoms with Crippen molar-refractivity contribution < 1.29 is 9.53 Å². The van der Waals surface area contributed by atoms with E-state index in [1.165, 1.54) is 4.88 Å². The summed E-state index contributed by atoms with van der Waals surface area (Å²) in [5.41, 5.74) is 1.36. The average Bonchev–Trinajstić information content (AvgIpc) is 2.43. The van der Waals surface area contributed by atoms with Crippen LogP contribution >= 0.6 is 11.3 Å². The van der Waals surface area contributed by atoms with Gasteiger partial charge in [0.15, 0.2) is 0 Å². The van der Waals surface area contributed by atoms with Gasteiger partial charge in [0.2, 0.25) is 0 Å². The molecule has 0 aromatic carbocycles. The monoisotopic (exact) mass is 226 g/mol. The first-order chi connectivity index (χ1) is 6.85. The highest BCUT2D eigenvalue weighted by molar-refractivity contribution is 7.10. The second-order valence-corrected chi connectivity index (χ2v) is 5.52. The zero-order chi connectivity index (χ0) is 11.6. The largest absolute Gasteiger partial charge is 0.456 e. The lowest BCUT2D eigenvalue weighted by Crippen LogP contribution is -2.24. The van der Waals surface area contributed by atoms with Crippen molar-refractivity contribution in [2.75, 3.05) is 0 Å². The minimum absolute atomic E-state index is 0.212. The van der Waals surface area contributed by atoms with Crippen LogP contribution in [0.15, 0.2) is 5.38 Å². The molecule has 1 aromatic heterocycles. The Balaban J connectivity index is 2.88. The molecule has 3 heteroatoms. The van der Waals surface area contributed by atoms with Crippen LogP contribution in [0, 0.1) is 6.92 Å². The van der Waals surface area contributed by atoms with Gasteiger partial charge in [-0.1, -0.05) is 6.92 Å². The molecule has 0 N–H and O–H groups in total. The molecular weight excluding hydrogens is 208 g/mol. The van der Waals surface area contributed by atoms with E-state index in [0.717, 1.165) is 12.0 Å². The maximum Gasteiger partial charge on any atom is 0.339 e. The molecule has 0 fully saturated rings. The van der Waals surface area contributed by atoms with Crippen LogP contribution in [-0.2, 0) is 11.2 Å². The lowest BCUT2D eigenvalue weighted by atomic mass is 10.1. The van der Waals surface area contributed by atoms with Gasteiger partial charge in [0.1, 0.15) is 5.60 Å². The van der Waals surface area contributed by atoms with Gasteiger partial charge >= 0.3 is 5.97 Å². The number of aryl methyl sites for hydroxylation is 1. The number of carbonyl (C=O) groups is 1. The predicted molar refractivity (Wildman–Crippen MR) is 63.6 cm³/mol. The smallest absolute Gasteiger partial charge is 0.339 e. The number of hydrogen-bond donors (Lipinski definition) is 0. The Morgan fingerprint density at radius 3 is 2.47 bits per heavy atom. The van der Waals surface area contributed by atoms with Crippen molar-refractivity contribution in [2.24, 2.45) is 0 Å². The third-order valence-corrected chi connectivity index (χ3v) is 3.31. The number of ether oxygens (including phenoxy) is 1. The second-order valence-electron chi connectivity index (χ2n) is 4.55. The van der Waals surface area contributed by atoms with Gasteiger partial charge in [-0.25, -0.2) is 4.79 Å². The summed E-state index contributed by atoms with van der Waals surface area (Å²) in [5.74, 6) is -0.212. The number of thiophene rings is 1. The molecule has 0 radical (unpaired) electrons. The van der Waals surface area contributed by atoms with Crippen molar-refractivity contribution in [1.82, 2.24) is 0 Å². The highest BCUT2D eigenvalue weighted by atomic mass is 32.1. The van der Waals surface area contributed by atoms with E-state index < -0.39 is 5.60 Å². The van der Waals surface area contributed by atoms with Gasteiger partial charge in [-0.3, -0.25) is 0 Å². The van der Waals surface area contributed by atoms with Crippen molar-refractivity contribution in [2.45, 2.75) is 46.6 Å². The maximum absolute atomic E-state index is 11.8. The van der Waals surface area contributed by atoms with Crippen LogP contribution in [0.2, 0.25) is 0 Å². The third kappa shape index (κ3) is 3.06. The Labute approximate surface area is 95.3 Å². The summed E-state index contributed by atoms with van der Waals surface area (Å²) in [6, 6.07) is 0. The van der Waals surface area contributed by atoms with Gasteiger partial charge in [-0.05, 0) is 39.7 Å². The zero-order valence-electron chi connectivity index (χ0n) is 10.0. The normalized spacial score (nSPS) is 11.5. The molecule has 0 unspecified atom stereocenters. The molecule has 0 aliphatic heterocycles. The molecule has 0 aliphatic rings. The van der Waals surface area contributed by atoms with E-state index in [1.54, 1.807) is 11.3 Å². The molecule has 0 atom stereocenters. The van der Waals surface area contributed by atoms with Crippen LogP contribution in [0.1, 0.15) is 48.5 Å². The standard InChI is InChI=1S/C12H18O2S/c1-6-10-8(2)9(7-15-10)11(13)14-12(3,4)5/h7H,6H2,1-5H3. The Morgan fingerprint density at radius 2 is 2.07 bits per heavy atom. The quantitative estimate of drug-likeness (QED) is 0.721. The summed E-state index contributed by atoms with van der Waals surface area (Å²) < 4.78 is 5.33. The topological polar surface area (TPSA) is 26.3 Å². The van der Waals surface area contributed by atoms with Crippen LogP contribution in [0.4, 0.5) is 0 Å². The van der Waals surface area contributed by atoms with E-state index in [4.69, 9.17) is 4.74 Å². The van der Waals surface area contributed by atoms with Crippen LogP contribution in [-0.4, -0.2) is 11.6 Å². The molecular formula is C12H18O2S. The number of rotatable bonds is 2. The number of hydrogen-bond acceptors (Lipinski definition) is 3. The van der Waals surface area contributed by atoms with Gasteiger partial charge in [-0.15, -0.1) is 11.3 Å². The lowest BCUT2D eigenvalue weighted by molar-refractivity contribution is 0.00693. The van der Waals surface area contributed by atoms with Crippen LogP contribution in [0.25, 0.3) is 0 Å². The number of esters is 1. The fourth-order valence-electron chi connectivity index (χ4n) is 1.34. The van der Waals surface area contributed by atoms with Crippen molar-refractivity contribution in [3.05, 3.63) is 21.4 Å². The van der Waals surface area contributed by atoms with Gasteiger partial charge in [0.05, 0.1) is 5.56 Å². The lowest BCUT2D eigenvalue weighted by Gasteiger charge is -2.19. The molecule has 0 spiro atoms. The van der Waals surface area contributed by atoms with Crippen LogP contribution in [0.5, 0.6) is 0 Å². The summed E-state index contributed by atoms with van der Waals surface area (Å²) in [6.45, 7) is 9.72. The van der Waals surface area contributed by atoms with Crippen molar-refractivity contribution in [3.63, 3.8) is 0 Å². The molecule has 0 saturated heterocycles. The first kappa shape index (κ1) is 12.2. The van der Waals surface area contributed by atoms with Crippen molar-refractivity contribution >= 4 is 17.3 Å². The maximum atomic E-state index is 11.8. The van der Waals surface area contributed by atoms with E-state index in [9.17, 15) is 4.79 Å². The molecule has 2 nitrogen and oxygen atoms in total. The van der Waals surface area contributed by atoms with Crippen molar-refractivity contribution in [3.8, 4) is 0 Å². The summed E-state index contributed by atoms with van der Waals surface area (Å²) in [6.07, 6.45) is 0.972. The second kappa shape index (κ2) is 4.35. The van der Waals surface area contributed by atoms with Gasteiger partial charge in [-0.2, -0.15) is 0 Å². The average molecular weight is 226 g/mol. The third-order valence-electron chi connectivity index (χ3n) is 2.08. The minimum atomic E-state index is -0.419. The van der Waals surface area contributed by atoms with E-state index in [0.29, 0.717) is 5.56 Å². The Morgan fingerprint density at radius 1 is 1.47 bits per heavy atom. The first-order valence-corrected chi connectivity index (χ1v) is 6.03. The molecule has 0 bridgehead atoms. The Hall–Kier alpha value is -0.830. The number of carbonyl (C=O) groups excluding carboxylic acids is 1. The van der Waals surface area contributed by atoms with Crippen LogP contribution in [0.3, 0.4) is 0 Å². The van der Waals surface area contributed by atoms with Gasteiger partial charge in [0.25, 0.3) is 0 Å². The molecule has 1 rings (SSSR count). The van der Waals surface area contributed by atoms with Gasteiger partial charge in [0, 0.05) is 10.3 Å². The Kier molecular flexibility index (Phi) is 3.55. The van der Waals surface area contributed by atoms with Crippen molar-refractivity contribution in [1.29, 1.82) is 0 Å². The SMILES string of the molecule is CCc1scc(C(=O)OC(C)(C)C)c1C. The summed E-state index contributed by atoms with van der Waals surface area (Å²) >= 11 is 1.63. The van der Waals surface area contributed by atoms with E-state index in [2.05, 4.69) is 6.92 Å². The predicted octanol–water partition coefficient (Wildman–Crippen LogP) is 3.57. The molecule has 0 aliphatic carbocycles. The molecule has 15 heavy (non-hydrogen) atoms. The zero-order valence-corrected chi connectivity index (χ0v) is 10.8. The first-order valence-electron chi connectivity index (χ1n) is 5.15. The summed E-state index contributed by atoms with van der Waals surface area (Å²) in [7, 11) is 0. The van der Waals surface area contributed by atoms with E-state index in [1.807, 2.05) is 33.1 Å². The minimum Gasteiger partial charge on any atom is -0.456 e. The molecule has 1 aromatic rings. The van der Waals surface area contributed by atoms with E-state index in [-0.39, 0.29) is 5.97 Å². The highest BCUT2D eigenvalue weighted by Gasteiger charge is 2.21. The summed E-state index contributed by atoms with van der Waals surface area (Å²) in [5, 5.41) is 1.89. The fraction of sp³-hybridized carbons (Fsp3) is 0.583. The molecule has 1 heterocycles. The molecule has 84 valence electrons. The highest BCUT2D eigenvalue weighted by Crippen LogP contribution is 2.24. The summed E-state index contributed by atoms with van der Waals surface area (Å²) in [4.78, 5) is 13.1. The fourth-order valence-corrected chi connectivity index (χ4v) is 2.33.